The van der Waals surface area contributed by atoms with Gasteiger partial charge in [0.2, 0.25) is 0 Å². The second-order valence-corrected chi connectivity index (χ2v) is 11.8. The van der Waals surface area contributed by atoms with E-state index in [1.54, 1.807) is 6.04 Å². The van der Waals surface area contributed by atoms with E-state index in [0.717, 1.165) is 0 Å². The molecule has 114 valence electrons. The van der Waals surface area contributed by atoms with E-state index in [-0.39, 0.29) is 0 Å². The van der Waals surface area contributed by atoms with Gasteiger partial charge in [-0.2, -0.15) is 0 Å². The Bertz CT molecular complexity index is 186. The lowest BCUT2D eigenvalue weighted by Gasteiger charge is -2.28. The van der Waals surface area contributed by atoms with Crippen LogP contribution in [0, 0.1) is 0 Å². The van der Waals surface area contributed by atoms with Gasteiger partial charge < -0.3 is 0 Å². The summed E-state index contributed by atoms with van der Waals surface area (Å²) >= 11 is 0. The third-order valence-corrected chi connectivity index (χ3v) is 11.0. The summed E-state index contributed by atoms with van der Waals surface area (Å²) in [5.74, 6) is 0. The molecule has 0 atom stereocenters. The van der Waals surface area contributed by atoms with E-state index in [1.165, 1.54) is 75.9 Å². The Morgan fingerprint density at radius 2 is 1.11 bits per heavy atom. The molecule has 0 saturated carbocycles. The second-order valence-electron chi connectivity index (χ2n) is 6.22. The van der Waals surface area contributed by atoms with E-state index < -0.39 is 8.07 Å². The maximum absolute atomic E-state index is 3.77. The van der Waals surface area contributed by atoms with Crippen molar-refractivity contribution in [2.45, 2.75) is 103 Å². The predicted molar refractivity (Wildman–Crippen MR) is 93.8 cm³/mol. The Balaban J connectivity index is 3.37. The minimum Gasteiger partial charge on any atom is -0.103 e. The van der Waals surface area contributed by atoms with E-state index >= 15 is 0 Å². The van der Waals surface area contributed by atoms with Crippen molar-refractivity contribution in [2.75, 3.05) is 0 Å². The third kappa shape index (κ3) is 9.48. The molecule has 0 aliphatic heterocycles. The van der Waals surface area contributed by atoms with Crippen molar-refractivity contribution in [3.05, 3.63) is 12.7 Å². The molecular weight excluding hydrogens is 244 g/mol. The summed E-state index contributed by atoms with van der Waals surface area (Å²) in [6.07, 6.45) is 14.8. The molecular formula is C18H38Si. The van der Waals surface area contributed by atoms with Crippen LogP contribution in [-0.4, -0.2) is 8.07 Å². The van der Waals surface area contributed by atoms with Gasteiger partial charge in [-0.3, -0.25) is 0 Å². The molecule has 0 rings (SSSR count). The highest BCUT2D eigenvalue weighted by Crippen LogP contribution is 2.27. The summed E-state index contributed by atoms with van der Waals surface area (Å²) in [4.78, 5) is 0. The highest BCUT2D eigenvalue weighted by Gasteiger charge is 2.25. The van der Waals surface area contributed by atoms with Crippen LogP contribution >= 0.6 is 0 Å². The summed E-state index contributed by atoms with van der Waals surface area (Å²) in [6.45, 7) is 11.1. The maximum Gasteiger partial charge on any atom is 0.0527 e. The zero-order chi connectivity index (χ0) is 14.4. The highest BCUT2D eigenvalue weighted by atomic mass is 28.3. The maximum atomic E-state index is 3.77. The Morgan fingerprint density at radius 3 is 1.53 bits per heavy atom. The molecule has 0 aliphatic carbocycles. The summed E-state index contributed by atoms with van der Waals surface area (Å²) in [5.41, 5.74) is 0. The Hall–Kier alpha value is -0.0431. The van der Waals surface area contributed by atoms with Gasteiger partial charge in [0.1, 0.15) is 0 Å². The quantitative estimate of drug-likeness (QED) is 0.180. The summed E-state index contributed by atoms with van der Waals surface area (Å²) in [5, 5.41) is 0. The van der Waals surface area contributed by atoms with Gasteiger partial charge in [0, 0.05) is 0 Å². The lowest BCUT2D eigenvalue weighted by atomic mass is 10.1. The first-order valence-electron chi connectivity index (χ1n) is 8.85. The van der Waals surface area contributed by atoms with Crippen LogP contribution < -0.4 is 0 Å². The molecule has 0 radical (unpaired) electrons. The molecule has 0 aromatic carbocycles. The normalized spacial score (nSPS) is 11.7. The van der Waals surface area contributed by atoms with Crippen LogP contribution in [0.4, 0.5) is 0 Å². The van der Waals surface area contributed by atoms with Gasteiger partial charge in [0.25, 0.3) is 0 Å². The predicted octanol–water partition coefficient (Wildman–Crippen LogP) is 7.19. The summed E-state index contributed by atoms with van der Waals surface area (Å²) < 4.78 is 0. The van der Waals surface area contributed by atoms with E-state index in [1.807, 2.05) is 6.08 Å². The van der Waals surface area contributed by atoms with Gasteiger partial charge in [-0.05, 0) is 12.8 Å². The first-order valence-corrected chi connectivity index (χ1v) is 11.7. The standard InChI is InChI=1S/C18H38Si/c1-5-9-10-11-12-13-14-15-16-17-18-19(6-2,7-3)8-4/h5H,1,6-18H2,2-4H3. The third-order valence-electron chi connectivity index (χ3n) is 5.12. The molecule has 0 nitrogen and oxygen atoms in total. The van der Waals surface area contributed by atoms with Crippen LogP contribution in [-0.2, 0) is 0 Å². The Morgan fingerprint density at radius 1 is 0.684 bits per heavy atom. The van der Waals surface area contributed by atoms with Gasteiger partial charge in [-0.25, -0.2) is 0 Å². The molecule has 0 aromatic heterocycles. The lowest BCUT2D eigenvalue weighted by molar-refractivity contribution is 0.576. The van der Waals surface area contributed by atoms with Crippen molar-refractivity contribution in [3.8, 4) is 0 Å². The SMILES string of the molecule is C=CCCCCCCCCCC[Si](CC)(CC)CC. The summed E-state index contributed by atoms with van der Waals surface area (Å²) in [7, 11) is -0.817. The lowest BCUT2D eigenvalue weighted by Crippen LogP contribution is -2.30. The van der Waals surface area contributed by atoms with Gasteiger partial charge >= 0.3 is 0 Å². The van der Waals surface area contributed by atoms with Gasteiger partial charge in [0.05, 0.1) is 8.07 Å². The van der Waals surface area contributed by atoms with Crippen molar-refractivity contribution >= 4 is 8.07 Å². The largest absolute Gasteiger partial charge is 0.103 e. The zero-order valence-electron chi connectivity index (χ0n) is 14.0. The van der Waals surface area contributed by atoms with Gasteiger partial charge in [-0.15, -0.1) is 6.58 Å². The molecule has 0 amide bonds. The molecule has 19 heavy (non-hydrogen) atoms. The van der Waals surface area contributed by atoms with Gasteiger partial charge in [0.15, 0.2) is 0 Å². The number of allylic oxidation sites excluding steroid dienone is 1. The fraction of sp³-hybridized carbons (Fsp3) is 0.889. The van der Waals surface area contributed by atoms with Crippen molar-refractivity contribution in [2.24, 2.45) is 0 Å². The average molecular weight is 283 g/mol. The number of hydrogen-bond donors (Lipinski definition) is 0. The van der Waals surface area contributed by atoms with Crippen molar-refractivity contribution < 1.29 is 0 Å². The van der Waals surface area contributed by atoms with Gasteiger partial charge in [-0.1, -0.05) is 96.0 Å². The molecule has 0 spiro atoms. The minimum absolute atomic E-state index is 0.817. The molecule has 0 fully saturated rings. The Labute approximate surface area is 124 Å². The Kier molecular flexibility index (Phi) is 12.9. The monoisotopic (exact) mass is 282 g/mol. The number of unbranched alkanes of at least 4 members (excludes halogenated alkanes) is 8. The molecule has 0 heterocycles. The number of rotatable bonds is 14. The molecule has 0 bridgehead atoms. The van der Waals surface area contributed by atoms with E-state index in [9.17, 15) is 0 Å². The number of hydrogen-bond acceptors (Lipinski definition) is 0. The van der Waals surface area contributed by atoms with Crippen LogP contribution in [0.5, 0.6) is 0 Å². The zero-order valence-corrected chi connectivity index (χ0v) is 15.0. The van der Waals surface area contributed by atoms with E-state index in [0.29, 0.717) is 0 Å². The van der Waals surface area contributed by atoms with Crippen LogP contribution in [0.1, 0.15) is 78.6 Å². The van der Waals surface area contributed by atoms with Crippen LogP contribution in [0.15, 0.2) is 12.7 Å². The molecule has 0 aliphatic rings. The van der Waals surface area contributed by atoms with Crippen LogP contribution in [0.25, 0.3) is 0 Å². The average Bonchev–Trinajstić information content (AvgIpc) is 2.46. The van der Waals surface area contributed by atoms with E-state index in [2.05, 4.69) is 27.4 Å². The molecule has 0 unspecified atom stereocenters. The fourth-order valence-corrected chi connectivity index (χ4v) is 6.69. The fourth-order valence-electron chi connectivity index (χ4n) is 3.13. The molecule has 1 heteroatoms. The van der Waals surface area contributed by atoms with Crippen LogP contribution in [0.3, 0.4) is 0 Å². The summed E-state index contributed by atoms with van der Waals surface area (Å²) in [6, 6.07) is 6.10. The van der Waals surface area contributed by atoms with Crippen LogP contribution in [0.2, 0.25) is 24.2 Å². The molecule has 0 aromatic rings. The molecule has 0 N–H and O–H groups in total. The van der Waals surface area contributed by atoms with Crippen molar-refractivity contribution in [3.63, 3.8) is 0 Å². The highest BCUT2D eigenvalue weighted by molar-refractivity contribution is 6.79. The second kappa shape index (κ2) is 13.0. The van der Waals surface area contributed by atoms with E-state index in [4.69, 9.17) is 0 Å². The smallest absolute Gasteiger partial charge is 0.0527 e. The first-order chi connectivity index (χ1) is 9.24. The van der Waals surface area contributed by atoms with Crippen molar-refractivity contribution in [1.29, 1.82) is 0 Å². The topological polar surface area (TPSA) is 0 Å². The minimum atomic E-state index is -0.817. The first kappa shape index (κ1) is 19.0. The molecule has 0 saturated heterocycles. The van der Waals surface area contributed by atoms with Crippen molar-refractivity contribution in [1.82, 2.24) is 0 Å².